The molecule has 5 atom stereocenters. The zero-order valence-electron chi connectivity index (χ0n) is 26.5. The highest BCUT2D eigenvalue weighted by Crippen LogP contribution is 2.28. The van der Waals surface area contributed by atoms with Gasteiger partial charge in [0, 0.05) is 12.3 Å². The van der Waals surface area contributed by atoms with Crippen molar-refractivity contribution in [2.24, 2.45) is 11.7 Å². The topological polar surface area (TPSA) is 171 Å². The number of nitrogens with one attached hydrogen (secondary N) is 3. The fourth-order valence-electron chi connectivity index (χ4n) is 5.18. The van der Waals surface area contributed by atoms with Crippen LogP contribution in [0, 0.1) is 5.92 Å². The fraction of sp³-hybridized carbons (Fsp3) is 0.405. The number of halogens is 2. The van der Waals surface area contributed by atoms with Crippen molar-refractivity contribution >= 4 is 46.8 Å². The van der Waals surface area contributed by atoms with Crippen molar-refractivity contribution in [1.82, 2.24) is 16.0 Å². The van der Waals surface area contributed by atoms with Crippen LogP contribution in [0.3, 0.4) is 0 Å². The van der Waals surface area contributed by atoms with E-state index in [4.69, 9.17) is 28.9 Å². The van der Waals surface area contributed by atoms with Crippen LogP contribution in [-0.4, -0.2) is 64.2 Å². The number of hydrogen-bond donors (Lipinski definition) is 6. The first-order valence-corrected chi connectivity index (χ1v) is 16.1. The molecule has 0 radical (unpaired) electrons. The summed E-state index contributed by atoms with van der Waals surface area (Å²) in [6.45, 7) is 5.09. The van der Waals surface area contributed by atoms with E-state index in [1.807, 2.05) is 74.5 Å². The number of primary amides is 1. The van der Waals surface area contributed by atoms with Crippen LogP contribution in [-0.2, 0) is 25.6 Å². The Morgan fingerprint density at radius 1 is 0.755 bits per heavy atom. The van der Waals surface area contributed by atoms with Gasteiger partial charge in [0.05, 0.1) is 16.1 Å². The Bertz CT molecular complexity index is 1470. The van der Waals surface area contributed by atoms with Crippen LogP contribution < -0.4 is 21.7 Å². The first-order valence-electron chi connectivity index (χ1n) is 15.4. The lowest BCUT2D eigenvalue weighted by atomic mass is 9.88. The third kappa shape index (κ3) is 13.1. The molecule has 12 heteroatoms. The van der Waals surface area contributed by atoms with Gasteiger partial charge in [-0.2, -0.15) is 0 Å². The van der Waals surface area contributed by atoms with Crippen molar-refractivity contribution in [3.63, 3.8) is 0 Å². The van der Waals surface area contributed by atoms with Crippen LogP contribution in [0.5, 0.6) is 0 Å². The molecule has 0 saturated heterocycles. The number of aliphatic hydroxyl groups is 2. The quantitative estimate of drug-likeness (QED) is 0.125. The molecule has 7 N–H and O–H groups in total. The van der Waals surface area contributed by atoms with Crippen LogP contribution >= 0.6 is 23.2 Å². The molecule has 5 unspecified atom stereocenters. The van der Waals surface area contributed by atoms with Crippen LogP contribution in [0.4, 0.5) is 0 Å². The molecule has 4 amide bonds. The van der Waals surface area contributed by atoms with Gasteiger partial charge in [0.15, 0.2) is 6.10 Å². The van der Waals surface area contributed by atoms with Crippen LogP contribution in [0.1, 0.15) is 71.1 Å². The summed E-state index contributed by atoms with van der Waals surface area (Å²) in [4.78, 5) is 51.1. The third-order valence-corrected chi connectivity index (χ3v) is 8.44. The van der Waals surface area contributed by atoms with E-state index in [1.165, 1.54) is 6.92 Å². The lowest BCUT2D eigenvalue weighted by molar-refractivity contribution is -0.140. The molecule has 0 fully saturated rings. The van der Waals surface area contributed by atoms with Crippen LogP contribution in [0.25, 0.3) is 0 Å². The molecule has 0 aliphatic carbocycles. The predicted molar refractivity (Wildman–Crippen MR) is 195 cm³/mol. The Balaban J connectivity index is 0.00000600. The van der Waals surface area contributed by atoms with Crippen molar-refractivity contribution < 1.29 is 29.4 Å². The third-order valence-electron chi connectivity index (χ3n) is 7.70. The van der Waals surface area contributed by atoms with Gasteiger partial charge in [0.2, 0.25) is 17.7 Å². The summed E-state index contributed by atoms with van der Waals surface area (Å²) < 4.78 is 0. The van der Waals surface area contributed by atoms with Gasteiger partial charge in [-0.3, -0.25) is 19.2 Å². The van der Waals surface area contributed by atoms with Crippen LogP contribution in [0.15, 0.2) is 78.9 Å². The highest BCUT2D eigenvalue weighted by Gasteiger charge is 2.35. The minimum Gasteiger partial charge on any atom is -0.388 e. The monoisotopic (exact) mass is 716 g/mol. The SMILES string of the molecule is C.C.CC(C)CC(NC(=O)C(C)NC(=O)C(O)C(O)C(Cc1ccc(Cl)c(Cl)c1)NC(=O)CC(c1ccccc1)c1ccccc1)C(N)=O. The Morgan fingerprint density at radius 2 is 1.31 bits per heavy atom. The predicted octanol–water partition coefficient (Wildman–Crippen LogP) is 4.76. The maximum atomic E-state index is 13.6. The molecule has 49 heavy (non-hydrogen) atoms. The zero-order chi connectivity index (χ0) is 34.7. The van der Waals surface area contributed by atoms with E-state index in [2.05, 4.69) is 16.0 Å². The maximum Gasteiger partial charge on any atom is 0.252 e. The zero-order valence-corrected chi connectivity index (χ0v) is 28.0. The highest BCUT2D eigenvalue weighted by atomic mass is 35.5. The Kier molecular flexibility index (Phi) is 18.0. The summed E-state index contributed by atoms with van der Waals surface area (Å²) in [7, 11) is 0. The van der Waals surface area contributed by atoms with E-state index in [0.717, 1.165) is 11.1 Å². The summed E-state index contributed by atoms with van der Waals surface area (Å²) in [5.41, 5.74) is 7.81. The Labute approximate surface area is 299 Å². The summed E-state index contributed by atoms with van der Waals surface area (Å²) in [6, 6.07) is 20.5. The normalized spacial score (nSPS) is 13.9. The molecule has 0 heterocycles. The average molecular weight is 718 g/mol. The van der Waals surface area contributed by atoms with Gasteiger partial charge in [-0.15, -0.1) is 0 Å². The van der Waals surface area contributed by atoms with Crippen LogP contribution in [0.2, 0.25) is 10.0 Å². The first kappa shape index (κ1) is 43.1. The largest absolute Gasteiger partial charge is 0.388 e. The summed E-state index contributed by atoms with van der Waals surface area (Å²) >= 11 is 12.3. The lowest BCUT2D eigenvalue weighted by Crippen LogP contribution is -2.57. The molecule has 3 aromatic carbocycles. The second-order valence-corrected chi connectivity index (χ2v) is 12.8. The molecule has 10 nitrogen and oxygen atoms in total. The molecular formula is C37H50Cl2N4O6. The number of aliphatic hydroxyl groups excluding tert-OH is 2. The fourth-order valence-corrected chi connectivity index (χ4v) is 5.50. The van der Waals surface area contributed by atoms with Crippen molar-refractivity contribution in [2.45, 2.75) is 91.1 Å². The molecule has 0 bridgehead atoms. The van der Waals surface area contributed by atoms with Gasteiger partial charge in [0.1, 0.15) is 18.2 Å². The number of rotatable bonds is 16. The molecule has 3 rings (SSSR count). The van der Waals surface area contributed by atoms with Crippen molar-refractivity contribution in [3.05, 3.63) is 106 Å². The van der Waals surface area contributed by atoms with E-state index in [0.29, 0.717) is 17.0 Å². The highest BCUT2D eigenvalue weighted by molar-refractivity contribution is 6.42. The van der Waals surface area contributed by atoms with E-state index in [1.54, 1.807) is 18.2 Å². The number of benzene rings is 3. The molecule has 3 aromatic rings. The molecule has 0 spiro atoms. The van der Waals surface area contributed by atoms with Gasteiger partial charge in [-0.1, -0.05) is 119 Å². The van der Waals surface area contributed by atoms with E-state index in [9.17, 15) is 29.4 Å². The van der Waals surface area contributed by atoms with E-state index >= 15 is 0 Å². The van der Waals surface area contributed by atoms with Crippen molar-refractivity contribution in [2.75, 3.05) is 0 Å². The second-order valence-electron chi connectivity index (χ2n) is 12.0. The van der Waals surface area contributed by atoms with Gasteiger partial charge in [-0.05, 0) is 54.5 Å². The van der Waals surface area contributed by atoms with Crippen molar-refractivity contribution in [1.29, 1.82) is 0 Å². The number of hydrogen-bond acceptors (Lipinski definition) is 6. The van der Waals surface area contributed by atoms with Gasteiger partial charge in [-0.25, -0.2) is 0 Å². The Morgan fingerprint density at radius 3 is 1.80 bits per heavy atom. The number of carbonyl (C=O) groups excluding carboxylic acids is 4. The number of carbonyl (C=O) groups is 4. The van der Waals surface area contributed by atoms with Gasteiger partial charge < -0.3 is 31.9 Å². The Hall–Kier alpha value is -3.96. The van der Waals surface area contributed by atoms with Crippen molar-refractivity contribution in [3.8, 4) is 0 Å². The molecule has 0 aliphatic rings. The molecular weight excluding hydrogens is 667 g/mol. The first-order chi connectivity index (χ1) is 22.3. The van der Waals surface area contributed by atoms with E-state index in [-0.39, 0.29) is 44.6 Å². The standard InChI is InChI=1S/C35H42Cl2N4O6.2CH4/c1-20(2)16-29(33(38)45)41-34(46)21(3)39-35(47)32(44)31(43)28(18-22-14-15-26(36)27(37)17-22)40-30(42)19-25(23-10-6-4-7-11-23)24-12-8-5-9-13-24;;/h4-15,17,20-21,25,28-29,31-32,43-44H,16,18-19H2,1-3H3,(H2,38,45)(H,39,47)(H,40,42)(H,41,46);2*1H4. The summed E-state index contributed by atoms with van der Waals surface area (Å²) in [5, 5.41) is 30.4. The number of amides is 4. The lowest BCUT2D eigenvalue weighted by Gasteiger charge is -2.29. The molecule has 0 aromatic heterocycles. The second kappa shape index (κ2) is 20.5. The number of nitrogens with two attached hydrogens (primary N) is 1. The summed E-state index contributed by atoms with van der Waals surface area (Å²) in [5.74, 6) is -3.16. The summed E-state index contributed by atoms with van der Waals surface area (Å²) in [6.07, 6.45) is -3.54. The van der Waals surface area contributed by atoms with E-state index < -0.39 is 54.0 Å². The molecule has 268 valence electrons. The maximum absolute atomic E-state index is 13.6. The molecule has 0 saturated carbocycles. The van der Waals surface area contributed by atoms with Gasteiger partial charge >= 0.3 is 0 Å². The molecule has 0 aliphatic heterocycles. The minimum atomic E-state index is -2.04. The van der Waals surface area contributed by atoms with Gasteiger partial charge in [0.25, 0.3) is 5.91 Å². The average Bonchev–Trinajstić information content (AvgIpc) is 3.04. The minimum absolute atomic E-state index is 0. The smallest absolute Gasteiger partial charge is 0.252 e.